The molecule has 21 heavy (non-hydrogen) atoms. The minimum Gasteiger partial charge on any atom is -0.486 e. The number of carbonyl (C=O) groups excluding carboxylic acids is 1. The molecule has 0 aliphatic heterocycles. The monoisotopic (exact) mass is 289 g/mol. The molecule has 0 saturated heterocycles. The van der Waals surface area contributed by atoms with Crippen LogP contribution >= 0.6 is 0 Å². The predicted molar refractivity (Wildman–Crippen MR) is 74.2 cm³/mol. The summed E-state index contributed by atoms with van der Waals surface area (Å²) in [6.07, 6.45) is 0. The van der Waals surface area contributed by atoms with E-state index in [-0.39, 0.29) is 12.4 Å². The van der Waals surface area contributed by atoms with Crippen LogP contribution < -0.4 is 10.1 Å². The van der Waals surface area contributed by atoms with E-state index in [1.807, 2.05) is 31.2 Å². The standard InChI is InChI=1S/C15H15NO5/c1-10-2-4-11(5-3-10)20-9-12-6-7-13(21-12)15(19)16-8-14(17)18/h2-7H,8-9H2,1H3,(H,16,19)(H,17,18). The van der Waals surface area contributed by atoms with Gasteiger partial charge in [0.05, 0.1) is 0 Å². The van der Waals surface area contributed by atoms with E-state index < -0.39 is 18.4 Å². The lowest BCUT2D eigenvalue weighted by Gasteiger charge is -2.04. The summed E-state index contributed by atoms with van der Waals surface area (Å²) in [5.74, 6) is -0.444. The number of rotatable bonds is 6. The van der Waals surface area contributed by atoms with Crippen LogP contribution in [0.25, 0.3) is 0 Å². The first-order valence-corrected chi connectivity index (χ1v) is 6.33. The fourth-order valence-electron chi connectivity index (χ4n) is 1.61. The molecule has 2 aromatic rings. The van der Waals surface area contributed by atoms with Crippen LogP contribution in [0, 0.1) is 6.92 Å². The normalized spacial score (nSPS) is 10.1. The zero-order chi connectivity index (χ0) is 15.2. The smallest absolute Gasteiger partial charge is 0.322 e. The molecule has 110 valence electrons. The second-order valence-electron chi connectivity index (χ2n) is 4.44. The number of aliphatic carboxylic acids is 1. The van der Waals surface area contributed by atoms with Gasteiger partial charge in [0.25, 0.3) is 5.91 Å². The number of ether oxygens (including phenoxy) is 1. The van der Waals surface area contributed by atoms with E-state index in [1.165, 1.54) is 6.07 Å². The molecule has 6 heteroatoms. The molecule has 1 aromatic heterocycles. The third kappa shape index (κ3) is 4.38. The van der Waals surface area contributed by atoms with Gasteiger partial charge in [-0.15, -0.1) is 0 Å². The van der Waals surface area contributed by atoms with Crippen LogP contribution in [-0.2, 0) is 11.4 Å². The molecule has 0 unspecified atom stereocenters. The second-order valence-corrected chi connectivity index (χ2v) is 4.44. The molecular formula is C15H15NO5. The summed E-state index contributed by atoms with van der Waals surface area (Å²) in [6, 6.07) is 10.6. The van der Waals surface area contributed by atoms with Gasteiger partial charge in [0.1, 0.15) is 24.7 Å². The summed E-state index contributed by atoms with van der Waals surface area (Å²) in [4.78, 5) is 21.9. The summed E-state index contributed by atoms with van der Waals surface area (Å²) in [6.45, 7) is 1.72. The number of aryl methyl sites for hydroxylation is 1. The van der Waals surface area contributed by atoms with Crippen LogP contribution in [0.3, 0.4) is 0 Å². The third-order valence-corrected chi connectivity index (χ3v) is 2.69. The van der Waals surface area contributed by atoms with Gasteiger partial charge in [0.15, 0.2) is 5.76 Å². The Balaban J connectivity index is 1.89. The SMILES string of the molecule is Cc1ccc(OCc2ccc(C(=O)NCC(=O)O)o2)cc1. The molecule has 0 atom stereocenters. The van der Waals surface area contributed by atoms with Crippen LogP contribution in [0.1, 0.15) is 21.9 Å². The molecule has 0 fully saturated rings. The van der Waals surface area contributed by atoms with Crippen molar-refractivity contribution in [3.63, 3.8) is 0 Å². The largest absolute Gasteiger partial charge is 0.486 e. The molecule has 2 rings (SSSR count). The van der Waals surface area contributed by atoms with Crippen molar-refractivity contribution >= 4 is 11.9 Å². The van der Waals surface area contributed by atoms with Crippen molar-refractivity contribution in [1.29, 1.82) is 0 Å². The summed E-state index contributed by atoms with van der Waals surface area (Å²) in [5.41, 5.74) is 1.14. The Hall–Kier alpha value is -2.76. The Morgan fingerprint density at radius 3 is 2.57 bits per heavy atom. The molecule has 0 radical (unpaired) electrons. The quantitative estimate of drug-likeness (QED) is 0.848. The van der Waals surface area contributed by atoms with Crippen LogP contribution in [0.4, 0.5) is 0 Å². The zero-order valence-electron chi connectivity index (χ0n) is 11.5. The van der Waals surface area contributed by atoms with Crippen molar-refractivity contribution < 1.29 is 23.8 Å². The summed E-state index contributed by atoms with van der Waals surface area (Å²) in [5, 5.41) is 10.7. The Bertz CT molecular complexity index is 630. The number of hydrogen-bond donors (Lipinski definition) is 2. The summed E-state index contributed by atoms with van der Waals surface area (Å²) < 4.78 is 10.8. The van der Waals surface area contributed by atoms with Gasteiger partial charge in [-0.3, -0.25) is 9.59 Å². The van der Waals surface area contributed by atoms with Crippen molar-refractivity contribution in [3.05, 3.63) is 53.5 Å². The van der Waals surface area contributed by atoms with Gasteiger partial charge in [-0.2, -0.15) is 0 Å². The maximum Gasteiger partial charge on any atom is 0.322 e. The minimum atomic E-state index is -1.11. The Kier molecular flexibility index (Phi) is 4.61. The fourth-order valence-corrected chi connectivity index (χ4v) is 1.61. The van der Waals surface area contributed by atoms with Crippen molar-refractivity contribution in [1.82, 2.24) is 5.32 Å². The first-order chi connectivity index (χ1) is 10.0. The maximum absolute atomic E-state index is 11.6. The molecule has 6 nitrogen and oxygen atoms in total. The van der Waals surface area contributed by atoms with Crippen LogP contribution in [-0.4, -0.2) is 23.5 Å². The number of furan rings is 1. The van der Waals surface area contributed by atoms with E-state index in [4.69, 9.17) is 14.3 Å². The lowest BCUT2D eigenvalue weighted by atomic mass is 10.2. The molecule has 0 aliphatic rings. The number of carboxylic acid groups (broad SMARTS) is 1. The van der Waals surface area contributed by atoms with Crippen molar-refractivity contribution in [2.24, 2.45) is 0 Å². The highest BCUT2D eigenvalue weighted by Crippen LogP contribution is 2.15. The van der Waals surface area contributed by atoms with Crippen molar-refractivity contribution in [3.8, 4) is 5.75 Å². The number of carboxylic acids is 1. The van der Waals surface area contributed by atoms with Gasteiger partial charge in [0.2, 0.25) is 0 Å². The molecule has 0 aliphatic carbocycles. The van der Waals surface area contributed by atoms with Gasteiger partial charge >= 0.3 is 5.97 Å². The van der Waals surface area contributed by atoms with E-state index >= 15 is 0 Å². The Morgan fingerprint density at radius 1 is 1.19 bits per heavy atom. The number of hydrogen-bond acceptors (Lipinski definition) is 4. The first kappa shape index (κ1) is 14.6. The van der Waals surface area contributed by atoms with E-state index in [0.29, 0.717) is 11.5 Å². The molecule has 1 amide bonds. The van der Waals surface area contributed by atoms with Crippen LogP contribution in [0.2, 0.25) is 0 Å². The Morgan fingerprint density at radius 2 is 1.90 bits per heavy atom. The molecule has 0 spiro atoms. The molecule has 1 heterocycles. The fraction of sp³-hybridized carbons (Fsp3) is 0.200. The second kappa shape index (κ2) is 6.60. The maximum atomic E-state index is 11.6. The highest BCUT2D eigenvalue weighted by atomic mass is 16.5. The van der Waals surface area contributed by atoms with Crippen molar-refractivity contribution in [2.75, 3.05) is 6.54 Å². The third-order valence-electron chi connectivity index (χ3n) is 2.69. The molecule has 1 aromatic carbocycles. The first-order valence-electron chi connectivity index (χ1n) is 6.33. The lowest BCUT2D eigenvalue weighted by Crippen LogP contribution is -2.28. The van der Waals surface area contributed by atoms with E-state index in [0.717, 1.165) is 5.56 Å². The predicted octanol–water partition coefficient (Wildman–Crippen LogP) is 1.98. The number of amides is 1. The zero-order valence-corrected chi connectivity index (χ0v) is 11.5. The van der Waals surface area contributed by atoms with E-state index in [2.05, 4.69) is 5.32 Å². The van der Waals surface area contributed by atoms with E-state index in [1.54, 1.807) is 6.07 Å². The highest BCUT2D eigenvalue weighted by Gasteiger charge is 2.12. The Labute approximate surface area is 121 Å². The average Bonchev–Trinajstić information content (AvgIpc) is 2.93. The van der Waals surface area contributed by atoms with Crippen LogP contribution in [0.15, 0.2) is 40.8 Å². The number of nitrogens with one attached hydrogen (secondary N) is 1. The number of carbonyl (C=O) groups is 2. The number of benzene rings is 1. The van der Waals surface area contributed by atoms with Crippen LogP contribution in [0.5, 0.6) is 5.75 Å². The van der Waals surface area contributed by atoms with Gasteiger partial charge < -0.3 is 19.6 Å². The summed E-state index contributed by atoms with van der Waals surface area (Å²) in [7, 11) is 0. The van der Waals surface area contributed by atoms with Gasteiger partial charge in [-0.05, 0) is 31.2 Å². The van der Waals surface area contributed by atoms with Gasteiger partial charge in [-0.1, -0.05) is 17.7 Å². The van der Waals surface area contributed by atoms with Gasteiger partial charge in [0, 0.05) is 0 Å². The lowest BCUT2D eigenvalue weighted by molar-refractivity contribution is -0.135. The van der Waals surface area contributed by atoms with E-state index in [9.17, 15) is 9.59 Å². The molecular weight excluding hydrogens is 274 g/mol. The summed E-state index contributed by atoms with van der Waals surface area (Å²) >= 11 is 0. The van der Waals surface area contributed by atoms with Crippen molar-refractivity contribution in [2.45, 2.75) is 13.5 Å². The molecule has 0 saturated carbocycles. The minimum absolute atomic E-state index is 0.0544. The molecule has 0 bridgehead atoms. The van der Waals surface area contributed by atoms with Gasteiger partial charge in [-0.25, -0.2) is 0 Å². The average molecular weight is 289 g/mol. The highest BCUT2D eigenvalue weighted by molar-refractivity contribution is 5.93. The molecule has 2 N–H and O–H groups in total. The topological polar surface area (TPSA) is 88.8 Å².